The van der Waals surface area contributed by atoms with Crippen LogP contribution in [0.3, 0.4) is 0 Å². The van der Waals surface area contributed by atoms with Crippen molar-refractivity contribution in [3.05, 3.63) is 34.4 Å². The quantitative estimate of drug-likeness (QED) is 0.333. The summed E-state index contributed by atoms with van der Waals surface area (Å²) in [5, 5.41) is 28.0. The molecule has 6 nitrogen and oxygen atoms in total. The van der Waals surface area contributed by atoms with Crippen LogP contribution in [0.1, 0.15) is 114 Å². The summed E-state index contributed by atoms with van der Waals surface area (Å²) in [5.41, 5.74) is -0.791. The van der Waals surface area contributed by atoms with Crippen LogP contribution in [0, 0.1) is 0 Å². The first kappa shape index (κ1) is 23.7. The summed E-state index contributed by atoms with van der Waals surface area (Å²) in [6.07, 6.45) is 12.7. The van der Waals surface area contributed by atoms with Crippen molar-refractivity contribution in [2.45, 2.75) is 84.0 Å². The van der Waals surface area contributed by atoms with Crippen molar-refractivity contribution >= 4 is 17.9 Å². The number of carbonyl (C=O) groups is 3. The summed E-state index contributed by atoms with van der Waals surface area (Å²) < 4.78 is 0. The molecule has 1 aromatic carbocycles. The van der Waals surface area contributed by atoms with E-state index < -0.39 is 23.5 Å². The van der Waals surface area contributed by atoms with Crippen LogP contribution in [-0.2, 0) is 6.42 Å². The van der Waals surface area contributed by atoms with Gasteiger partial charge in [0, 0.05) is 0 Å². The van der Waals surface area contributed by atoms with E-state index in [9.17, 15) is 29.7 Å². The van der Waals surface area contributed by atoms with Crippen LogP contribution in [0.2, 0.25) is 0 Å². The molecule has 0 radical (unpaired) electrons. The Morgan fingerprint density at radius 2 is 1.07 bits per heavy atom. The van der Waals surface area contributed by atoms with E-state index >= 15 is 0 Å². The highest BCUT2D eigenvalue weighted by Gasteiger charge is 2.24. The zero-order valence-corrected chi connectivity index (χ0v) is 16.7. The largest absolute Gasteiger partial charge is 0.478 e. The molecule has 1 aromatic rings. The Kier molecular flexibility index (Phi) is 10.9. The molecule has 0 saturated heterocycles. The van der Waals surface area contributed by atoms with Gasteiger partial charge in [0.05, 0.1) is 16.7 Å². The third-order valence-electron chi connectivity index (χ3n) is 5.02. The van der Waals surface area contributed by atoms with Crippen LogP contribution in [0.15, 0.2) is 12.1 Å². The minimum Gasteiger partial charge on any atom is -0.478 e. The molecular formula is C22H32O6. The van der Waals surface area contributed by atoms with E-state index in [4.69, 9.17) is 0 Å². The fourth-order valence-corrected chi connectivity index (χ4v) is 3.50. The number of aromatic carboxylic acids is 3. The lowest BCUT2D eigenvalue weighted by atomic mass is 9.91. The fourth-order valence-electron chi connectivity index (χ4n) is 3.50. The summed E-state index contributed by atoms with van der Waals surface area (Å²) in [7, 11) is 0. The molecule has 0 amide bonds. The predicted octanol–water partition coefficient (Wildman–Crippen LogP) is 5.63. The Morgan fingerprint density at radius 1 is 0.643 bits per heavy atom. The second kappa shape index (κ2) is 12.9. The number of hydrogen-bond acceptors (Lipinski definition) is 3. The second-order valence-corrected chi connectivity index (χ2v) is 7.22. The van der Waals surface area contributed by atoms with Crippen LogP contribution < -0.4 is 0 Å². The van der Waals surface area contributed by atoms with E-state index in [0.29, 0.717) is 6.42 Å². The standard InChI is InChI=1S/C22H32O6/c1-2-3-4-5-6-7-8-9-10-11-12-13-16-17(20(23)24)14-15-18(21(25)26)19(16)22(27)28/h14-15H,2-13H2,1H3,(H,23,24)(H,25,26)(H,27,28). The summed E-state index contributed by atoms with van der Waals surface area (Å²) in [4.78, 5) is 34.3. The molecule has 0 fully saturated rings. The van der Waals surface area contributed by atoms with Gasteiger partial charge in [-0.05, 0) is 30.5 Å². The Balaban J connectivity index is 2.55. The van der Waals surface area contributed by atoms with E-state index in [2.05, 4.69) is 6.92 Å². The van der Waals surface area contributed by atoms with E-state index in [1.807, 2.05) is 0 Å². The smallest absolute Gasteiger partial charge is 0.336 e. The molecule has 0 heterocycles. The van der Waals surface area contributed by atoms with Gasteiger partial charge in [0.25, 0.3) is 0 Å². The summed E-state index contributed by atoms with van der Waals surface area (Å²) >= 11 is 0. The van der Waals surface area contributed by atoms with Gasteiger partial charge < -0.3 is 15.3 Å². The molecule has 0 atom stereocenters. The fraction of sp³-hybridized carbons (Fsp3) is 0.591. The Hall–Kier alpha value is -2.37. The van der Waals surface area contributed by atoms with Crippen molar-refractivity contribution in [1.82, 2.24) is 0 Å². The van der Waals surface area contributed by atoms with E-state index in [0.717, 1.165) is 25.3 Å². The van der Waals surface area contributed by atoms with Gasteiger partial charge in [-0.25, -0.2) is 14.4 Å². The maximum Gasteiger partial charge on any atom is 0.336 e. The van der Waals surface area contributed by atoms with Crippen LogP contribution in [0.25, 0.3) is 0 Å². The molecule has 0 aliphatic rings. The minimum absolute atomic E-state index is 0.107. The van der Waals surface area contributed by atoms with Gasteiger partial charge in [-0.3, -0.25) is 0 Å². The number of hydrogen-bond donors (Lipinski definition) is 3. The molecular weight excluding hydrogens is 360 g/mol. The van der Waals surface area contributed by atoms with Crippen LogP contribution in [0.5, 0.6) is 0 Å². The van der Waals surface area contributed by atoms with Gasteiger partial charge in [-0.1, -0.05) is 71.1 Å². The molecule has 0 aromatic heterocycles. The Morgan fingerprint density at radius 3 is 1.50 bits per heavy atom. The van der Waals surface area contributed by atoms with Crippen molar-refractivity contribution in [2.75, 3.05) is 0 Å². The number of carboxylic acid groups (broad SMARTS) is 3. The van der Waals surface area contributed by atoms with Gasteiger partial charge in [0.15, 0.2) is 0 Å². The topological polar surface area (TPSA) is 112 Å². The molecule has 28 heavy (non-hydrogen) atoms. The molecule has 0 spiro atoms. The lowest BCUT2D eigenvalue weighted by Crippen LogP contribution is -2.16. The first-order chi connectivity index (χ1) is 13.4. The molecule has 0 aliphatic carbocycles. The summed E-state index contributed by atoms with van der Waals surface area (Å²) in [6.45, 7) is 2.21. The molecule has 0 aliphatic heterocycles. The molecule has 3 N–H and O–H groups in total. The number of benzene rings is 1. The Bertz CT molecular complexity index is 665. The van der Waals surface area contributed by atoms with Crippen molar-refractivity contribution in [1.29, 1.82) is 0 Å². The van der Waals surface area contributed by atoms with Crippen LogP contribution in [-0.4, -0.2) is 33.2 Å². The van der Waals surface area contributed by atoms with Gasteiger partial charge in [-0.15, -0.1) is 0 Å². The minimum atomic E-state index is -1.40. The predicted molar refractivity (Wildman–Crippen MR) is 107 cm³/mol. The van der Waals surface area contributed by atoms with Crippen molar-refractivity contribution in [2.24, 2.45) is 0 Å². The van der Waals surface area contributed by atoms with Gasteiger partial charge in [-0.2, -0.15) is 0 Å². The summed E-state index contributed by atoms with van der Waals surface area (Å²) in [6, 6.07) is 2.24. The lowest BCUT2D eigenvalue weighted by molar-refractivity contribution is 0.0647. The second-order valence-electron chi connectivity index (χ2n) is 7.22. The maximum absolute atomic E-state index is 11.6. The van der Waals surface area contributed by atoms with Crippen LogP contribution >= 0.6 is 0 Å². The van der Waals surface area contributed by atoms with Crippen LogP contribution in [0.4, 0.5) is 0 Å². The molecule has 0 bridgehead atoms. The number of carboxylic acids is 3. The number of unbranched alkanes of at least 4 members (excludes halogenated alkanes) is 10. The third kappa shape index (κ3) is 7.71. The van der Waals surface area contributed by atoms with Crippen molar-refractivity contribution in [3.8, 4) is 0 Å². The molecule has 6 heteroatoms. The van der Waals surface area contributed by atoms with E-state index in [1.54, 1.807) is 0 Å². The first-order valence-electron chi connectivity index (χ1n) is 10.3. The van der Waals surface area contributed by atoms with Crippen molar-refractivity contribution in [3.63, 3.8) is 0 Å². The summed E-state index contributed by atoms with van der Waals surface area (Å²) in [5.74, 6) is -4.01. The lowest BCUT2D eigenvalue weighted by Gasteiger charge is -2.12. The molecule has 156 valence electrons. The molecule has 1 rings (SSSR count). The highest BCUT2D eigenvalue weighted by molar-refractivity contribution is 6.05. The molecule has 0 unspecified atom stereocenters. The van der Waals surface area contributed by atoms with Gasteiger partial charge in [0.2, 0.25) is 0 Å². The molecule has 0 saturated carbocycles. The number of rotatable bonds is 15. The normalized spacial score (nSPS) is 10.8. The highest BCUT2D eigenvalue weighted by atomic mass is 16.4. The van der Waals surface area contributed by atoms with Crippen molar-refractivity contribution < 1.29 is 29.7 Å². The van der Waals surface area contributed by atoms with E-state index in [-0.39, 0.29) is 23.1 Å². The zero-order valence-electron chi connectivity index (χ0n) is 16.7. The first-order valence-corrected chi connectivity index (χ1v) is 10.3. The highest BCUT2D eigenvalue weighted by Crippen LogP contribution is 2.23. The Labute approximate surface area is 166 Å². The maximum atomic E-state index is 11.6. The average Bonchev–Trinajstić information content (AvgIpc) is 2.64. The van der Waals surface area contributed by atoms with Gasteiger partial charge in [0.1, 0.15) is 0 Å². The zero-order chi connectivity index (χ0) is 20.9. The van der Waals surface area contributed by atoms with E-state index in [1.165, 1.54) is 51.0 Å². The monoisotopic (exact) mass is 392 g/mol. The average molecular weight is 392 g/mol. The SMILES string of the molecule is CCCCCCCCCCCCCc1c(C(=O)O)ccc(C(=O)O)c1C(=O)O. The van der Waals surface area contributed by atoms with Gasteiger partial charge >= 0.3 is 17.9 Å². The third-order valence-corrected chi connectivity index (χ3v) is 5.02.